The second-order valence-electron chi connectivity index (χ2n) is 5.42. The monoisotopic (exact) mass is 614 g/mol. The zero-order chi connectivity index (χ0) is 25.9. The van der Waals surface area contributed by atoms with Crippen LogP contribution in [0.2, 0.25) is 0 Å². The van der Waals surface area contributed by atoms with Crippen molar-refractivity contribution >= 4 is 66.1 Å². The number of methoxy groups -OCH3 is 2. The lowest BCUT2D eigenvalue weighted by Crippen LogP contribution is -2.11. The van der Waals surface area contributed by atoms with Crippen molar-refractivity contribution in [1.29, 1.82) is 0 Å². The molecule has 0 amide bonds. The quantitative estimate of drug-likeness (QED) is 0.289. The highest BCUT2D eigenvalue weighted by Gasteiger charge is 2.18. The molecule has 0 spiro atoms. The van der Waals surface area contributed by atoms with E-state index in [9.17, 15) is 19.2 Å². The van der Waals surface area contributed by atoms with Gasteiger partial charge >= 0.3 is 34.3 Å². The SMILES string of the molecule is COC(=O)c1ccc(Br)cc1C(=O)OC.O=C(O)c1ccc(Br)cc1C(=O)O.O=S(=O)(O)O. The van der Waals surface area contributed by atoms with Gasteiger partial charge in [0, 0.05) is 8.95 Å². The van der Waals surface area contributed by atoms with Crippen LogP contribution in [0.5, 0.6) is 0 Å². The summed E-state index contributed by atoms with van der Waals surface area (Å²) < 4.78 is 41.9. The predicted molar refractivity (Wildman–Crippen MR) is 119 cm³/mol. The van der Waals surface area contributed by atoms with Crippen LogP contribution < -0.4 is 0 Å². The highest BCUT2D eigenvalue weighted by molar-refractivity contribution is 9.10. The Kier molecular flexibility index (Phi) is 12.5. The molecule has 0 aliphatic rings. The van der Waals surface area contributed by atoms with E-state index in [0.29, 0.717) is 8.95 Å². The first kappa shape index (κ1) is 30.1. The molecule has 0 aromatic heterocycles. The second kappa shape index (κ2) is 13.6. The Morgan fingerprint density at radius 3 is 1.39 bits per heavy atom. The number of carbonyl (C=O) groups excluding carboxylic acids is 2. The van der Waals surface area contributed by atoms with E-state index in [4.69, 9.17) is 27.7 Å². The molecule has 0 aliphatic heterocycles. The van der Waals surface area contributed by atoms with Crippen LogP contribution in [-0.2, 0) is 19.9 Å². The van der Waals surface area contributed by atoms with Crippen molar-refractivity contribution in [2.24, 2.45) is 0 Å². The normalized spacial score (nSPS) is 9.88. The van der Waals surface area contributed by atoms with E-state index < -0.39 is 34.3 Å². The van der Waals surface area contributed by atoms with E-state index in [1.807, 2.05) is 0 Å². The molecule has 0 unspecified atom stereocenters. The summed E-state index contributed by atoms with van der Waals surface area (Å²) in [5, 5.41) is 17.3. The molecule has 0 atom stereocenters. The summed E-state index contributed by atoms with van der Waals surface area (Å²) in [6, 6.07) is 8.65. The number of benzene rings is 2. The van der Waals surface area contributed by atoms with Gasteiger partial charge in [0.2, 0.25) is 0 Å². The van der Waals surface area contributed by atoms with Gasteiger partial charge in [-0.1, -0.05) is 31.9 Å². The van der Waals surface area contributed by atoms with E-state index in [2.05, 4.69) is 41.3 Å². The molecule has 2 rings (SSSR count). The number of hydrogen-bond acceptors (Lipinski definition) is 8. The fourth-order valence-corrected chi connectivity index (χ4v) is 2.69. The van der Waals surface area contributed by atoms with Crippen LogP contribution in [0, 0.1) is 0 Å². The Hall–Kier alpha value is -2.85. The molecular formula is C18H16Br2O12S. The first-order valence-corrected chi connectivity index (χ1v) is 11.0. The van der Waals surface area contributed by atoms with Gasteiger partial charge in [0.15, 0.2) is 0 Å². The number of carboxylic acid groups (broad SMARTS) is 2. The molecule has 15 heteroatoms. The number of carboxylic acids is 2. The molecule has 12 nitrogen and oxygen atoms in total. The fraction of sp³-hybridized carbons (Fsp3) is 0.111. The average molecular weight is 616 g/mol. The molecule has 0 saturated carbocycles. The highest BCUT2D eigenvalue weighted by Crippen LogP contribution is 2.18. The smallest absolute Gasteiger partial charge is 0.394 e. The topological polar surface area (TPSA) is 202 Å². The molecule has 0 bridgehead atoms. The molecule has 180 valence electrons. The highest BCUT2D eigenvalue weighted by atomic mass is 79.9. The minimum atomic E-state index is -4.67. The standard InChI is InChI=1S/C10H9BrO4.C8H5BrO4.H2O4S/c1-14-9(12)7-4-3-6(11)5-8(7)10(13)15-2;9-4-1-2-5(7(10)11)6(3-4)8(12)13;1-5(2,3)4/h3-5H,1-2H3;1-3H,(H,10,11)(H,12,13);(H2,1,2,3,4). The zero-order valence-electron chi connectivity index (χ0n) is 16.7. The maximum Gasteiger partial charge on any atom is 0.394 e. The molecular weight excluding hydrogens is 600 g/mol. The lowest BCUT2D eigenvalue weighted by atomic mass is 10.1. The number of hydrogen-bond donors (Lipinski definition) is 4. The van der Waals surface area contributed by atoms with Crippen molar-refractivity contribution in [2.75, 3.05) is 14.2 Å². The second-order valence-corrected chi connectivity index (χ2v) is 8.15. The molecule has 4 N–H and O–H groups in total. The lowest BCUT2D eigenvalue weighted by Gasteiger charge is -2.06. The molecule has 0 radical (unpaired) electrons. The molecule has 2 aromatic rings. The maximum atomic E-state index is 11.4. The maximum absolute atomic E-state index is 11.4. The summed E-state index contributed by atoms with van der Waals surface area (Å²) >= 11 is 6.26. The van der Waals surface area contributed by atoms with Crippen LogP contribution in [0.15, 0.2) is 45.3 Å². The van der Waals surface area contributed by atoms with Gasteiger partial charge in [-0.3, -0.25) is 9.11 Å². The van der Waals surface area contributed by atoms with Crippen LogP contribution in [0.1, 0.15) is 41.4 Å². The van der Waals surface area contributed by atoms with Gasteiger partial charge in [-0.05, 0) is 36.4 Å². The van der Waals surface area contributed by atoms with Crippen molar-refractivity contribution in [3.8, 4) is 0 Å². The Morgan fingerprint density at radius 2 is 1.03 bits per heavy atom. The Bertz CT molecular complexity index is 1140. The zero-order valence-corrected chi connectivity index (χ0v) is 20.7. The van der Waals surface area contributed by atoms with Gasteiger partial charge in [0.05, 0.1) is 36.5 Å². The first-order valence-electron chi connectivity index (χ1n) is 8.04. The van der Waals surface area contributed by atoms with E-state index >= 15 is 0 Å². The Morgan fingerprint density at radius 1 is 0.697 bits per heavy atom. The van der Waals surface area contributed by atoms with Gasteiger partial charge in [0.25, 0.3) is 0 Å². The summed E-state index contributed by atoms with van der Waals surface area (Å²) in [4.78, 5) is 43.8. The van der Waals surface area contributed by atoms with Crippen LogP contribution in [-0.4, -0.2) is 65.8 Å². The van der Waals surface area contributed by atoms with Crippen LogP contribution in [0.25, 0.3) is 0 Å². The van der Waals surface area contributed by atoms with Crippen LogP contribution in [0.3, 0.4) is 0 Å². The minimum absolute atomic E-state index is 0.179. The molecule has 0 saturated heterocycles. The van der Waals surface area contributed by atoms with Gasteiger partial charge in [-0.15, -0.1) is 0 Å². The summed E-state index contributed by atoms with van der Waals surface area (Å²) in [6.07, 6.45) is 0. The average Bonchev–Trinajstić information content (AvgIpc) is 2.71. The number of aromatic carboxylic acids is 2. The minimum Gasteiger partial charge on any atom is -0.478 e. The van der Waals surface area contributed by atoms with E-state index in [1.165, 1.54) is 44.6 Å². The summed E-state index contributed by atoms with van der Waals surface area (Å²) in [7, 11) is -2.16. The third-order valence-corrected chi connectivity index (χ3v) is 4.22. The number of esters is 2. The van der Waals surface area contributed by atoms with Gasteiger partial charge in [-0.25, -0.2) is 19.2 Å². The third-order valence-electron chi connectivity index (χ3n) is 3.23. The molecule has 0 fully saturated rings. The summed E-state index contributed by atoms with van der Waals surface area (Å²) in [5.74, 6) is -3.64. The van der Waals surface area contributed by atoms with Crippen molar-refractivity contribution in [2.45, 2.75) is 0 Å². The fourth-order valence-electron chi connectivity index (χ4n) is 1.96. The van der Waals surface area contributed by atoms with E-state index in [1.54, 1.807) is 6.07 Å². The number of rotatable bonds is 4. The number of carbonyl (C=O) groups is 4. The van der Waals surface area contributed by atoms with Crippen molar-refractivity contribution in [3.63, 3.8) is 0 Å². The predicted octanol–water partition coefficient (Wildman–Crippen LogP) is 3.22. The molecule has 0 aliphatic carbocycles. The molecule has 33 heavy (non-hydrogen) atoms. The third kappa shape index (κ3) is 11.5. The Labute approximate surface area is 204 Å². The van der Waals surface area contributed by atoms with Crippen molar-refractivity contribution in [1.82, 2.24) is 0 Å². The van der Waals surface area contributed by atoms with E-state index in [0.717, 1.165) is 0 Å². The Balaban J connectivity index is 0.000000520. The number of halogens is 2. The van der Waals surface area contributed by atoms with Crippen molar-refractivity contribution in [3.05, 3.63) is 67.6 Å². The summed E-state index contributed by atoms with van der Waals surface area (Å²) in [6.45, 7) is 0. The molecule has 0 heterocycles. The van der Waals surface area contributed by atoms with Gasteiger partial charge < -0.3 is 19.7 Å². The largest absolute Gasteiger partial charge is 0.478 e. The van der Waals surface area contributed by atoms with Crippen LogP contribution >= 0.6 is 31.9 Å². The summed E-state index contributed by atoms with van der Waals surface area (Å²) in [5.41, 5.74) is -0.0659. The first-order chi connectivity index (χ1) is 15.1. The van der Waals surface area contributed by atoms with Gasteiger partial charge in [-0.2, -0.15) is 8.42 Å². The lowest BCUT2D eigenvalue weighted by molar-refractivity contribution is 0.0555. The number of ether oxygens (including phenoxy) is 2. The van der Waals surface area contributed by atoms with Crippen molar-refractivity contribution < 1.29 is 56.4 Å². The molecule has 2 aromatic carbocycles. The van der Waals surface area contributed by atoms with E-state index in [-0.39, 0.29) is 22.3 Å². The van der Waals surface area contributed by atoms with Crippen LogP contribution in [0.4, 0.5) is 0 Å². The van der Waals surface area contributed by atoms with Gasteiger partial charge in [0.1, 0.15) is 0 Å².